The maximum absolute atomic E-state index is 11.5. The number of nitrogens with one attached hydrogen (secondary N) is 2. The van der Waals surface area contributed by atoms with E-state index in [1.807, 2.05) is 13.0 Å². The molecule has 2 N–H and O–H groups in total. The Hall–Kier alpha value is -0.830. The van der Waals surface area contributed by atoms with Crippen LogP contribution in [0.15, 0.2) is 12.7 Å². The number of hydrogen-bond acceptors (Lipinski definition) is 2. The average molecular weight is 212 g/mol. The second-order valence-electron chi connectivity index (χ2n) is 3.75. The lowest BCUT2D eigenvalue weighted by atomic mass is 10.2. The molecule has 1 atom stereocenters. The van der Waals surface area contributed by atoms with Crippen LogP contribution < -0.4 is 10.6 Å². The maximum Gasteiger partial charge on any atom is 0.236 e. The van der Waals surface area contributed by atoms with Crippen molar-refractivity contribution in [1.82, 2.24) is 10.6 Å². The minimum atomic E-state index is -0.105. The van der Waals surface area contributed by atoms with E-state index in [0.29, 0.717) is 0 Å². The van der Waals surface area contributed by atoms with Gasteiger partial charge in [-0.25, -0.2) is 0 Å². The normalized spacial score (nSPS) is 12.1. The van der Waals surface area contributed by atoms with Gasteiger partial charge < -0.3 is 10.6 Å². The van der Waals surface area contributed by atoms with Crippen molar-refractivity contribution in [2.24, 2.45) is 0 Å². The molecule has 88 valence electrons. The van der Waals surface area contributed by atoms with E-state index >= 15 is 0 Å². The van der Waals surface area contributed by atoms with E-state index in [1.165, 1.54) is 12.8 Å². The van der Waals surface area contributed by atoms with Gasteiger partial charge in [-0.2, -0.15) is 0 Å². The minimum absolute atomic E-state index is 0.0927. The molecular formula is C12H24N2O. The molecule has 3 heteroatoms. The monoisotopic (exact) mass is 212 g/mol. The van der Waals surface area contributed by atoms with E-state index in [1.54, 1.807) is 0 Å². The van der Waals surface area contributed by atoms with Crippen LogP contribution in [-0.2, 0) is 4.79 Å². The SMILES string of the molecule is C=CCCNC(C)C(=O)NCCCCC. The summed E-state index contributed by atoms with van der Waals surface area (Å²) in [6.07, 6.45) is 6.18. The fraction of sp³-hybridized carbons (Fsp3) is 0.750. The van der Waals surface area contributed by atoms with Gasteiger partial charge in [-0.3, -0.25) is 4.79 Å². The Morgan fingerprint density at radius 3 is 2.73 bits per heavy atom. The van der Waals surface area contributed by atoms with Gasteiger partial charge in [0.05, 0.1) is 6.04 Å². The lowest BCUT2D eigenvalue weighted by Crippen LogP contribution is -2.42. The van der Waals surface area contributed by atoms with Crippen molar-refractivity contribution >= 4 is 5.91 Å². The number of unbranched alkanes of at least 4 members (excludes halogenated alkanes) is 2. The minimum Gasteiger partial charge on any atom is -0.355 e. The second-order valence-corrected chi connectivity index (χ2v) is 3.75. The molecule has 3 nitrogen and oxygen atoms in total. The number of hydrogen-bond donors (Lipinski definition) is 2. The van der Waals surface area contributed by atoms with Crippen LogP contribution in [-0.4, -0.2) is 25.0 Å². The zero-order valence-electron chi connectivity index (χ0n) is 10.0. The van der Waals surface area contributed by atoms with Crippen molar-refractivity contribution in [3.8, 4) is 0 Å². The summed E-state index contributed by atoms with van der Waals surface area (Å²) in [7, 11) is 0. The molecule has 0 aliphatic rings. The Morgan fingerprint density at radius 1 is 1.40 bits per heavy atom. The molecule has 0 aliphatic heterocycles. The number of rotatable bonds is 9. The molecular weight excluding hydrogens is 188 g/mol. The van der Waals surface area contributed by atoms with Crippen LogP contribution in [0.5, 0.6) is 0 Å². The fourth-order valence-electron chi connectivity index (χ4n) is 1.23. The lowest BCUT2D eigenvalue weighted by Gasteiger charge is -2.13. The average Bonchev–Trinajstić information content (AvgIpc) is 2.24. The molecule has 0 aromatic carbocycles. The van der Waals surface area contributed by atoms with Crippen molar-refractivity contribution in [3.05, 3.63) is 12.7 Å². The highest BCUT2D eigenvalue weighted by Gasteiger charge is 2.09. The van der Waals surface area contributed by atoms with Crippen LogP contribution in [0.1, 0.15) is 39.5 Å². The Kier molecular flexibility index (Phi) is 9.18. The highest BCUT2D eigenvalue weighted by molar-refractivity contribution is 5.81. The summed E-state index contributed by atoms with van der Waals surface area (Å²) in [5.41, 5.74) is 0. The molecule has 1 amide bonds. The zero-order valence-corrected chi connectivity index (χ0v) is 10.0. The van der Waals surface area contributed by atoms with Crippen molar-refractivity contribution < 1.29 is 4.79 Å². The Labute approximate surface area is 93.3 Å². The van der Waals surface area contributed by atoms with Gasteiger partial charge in [0.25, 0.3) is 0 Å². The van der Waals surface area contributed by atoms with Crippen molar-refractivity contribution in [2.75, 3.05) is 13.1 Å². The van der Waals surface area contributed by atoms with Gasteiger partial charge in [-0.1, -0.05) is 25.8 Å². The van der Waals surface area contributed by atoms with Gasteiger partial charge in [0.1, 0.15) is 0 Å². The molecule has 1 unspecified atom stereocenters. The summed E-state index contributed by atoms with van der Waals surface area (Å²) in [6.45, 7) is 9.28. The van der Waals surface area contributed by atoms with Crippen LogP contribution >= 0.6 is 0 Å². The molecule has 0 radical (unpaired) electrons. The Balaban J connectivity index is 3.46. The summed E-state index contributed by atoms with van der Waals surface area (Å²) in [5.74, 6) is 0.0927. The van der Waals surface area contributed by atoms with E-state index < -0.39 is 0 Å². The van der Waals surface area contributed by atoms with Gasteiger partial charge in [-0.15, -0.1) is 6.58 Å². The largest absolute Gasteiger partial charge is 0.355 e. The Bertz CT molecular complexity index is 180. The van der Waals surface area contributed by atoms with Gasteiger partial charge in [-0.05, 0) is 26.3 Å². The highest BCUT2D eigenvalue weighted by atomic mass is 16.2. The van der Waals surface area contributed by atoms with Crippen molar-refractivity contribution in [2.45, 2.75) is 45.6 Å². The standard InChI is InChI=1S/C12H24N2O/c1-4-6-8-10-14-12(15)11(3)13-9-7-5-2/h5,11,13H,2,4,6-10H2,1,3H3,(H,14,15). The summed E-state index contributed by atoms with van der Waals surface area (Å²) >= 11 is 0. The van der Waals surface area contributed by atoms with E-state index in [9.17, 15) is 4.79 Å². The van der Waals surface area contributed by atoms with Crippen LogP contribution in [0.4, 0.5) is 0 Å². The molecule has 0 aliphatic carbocycles. The van der Waals surface area contributed by atoms with E-state index in [-0.39, 0.29) is 11.9 Å². The van der Waals surface area contributed by atoms with E-state index in [0.717, 1.165) is 25.9 Å². The molecule has 0 aromatic rings. The van der Waals surface area contributed by atoms with Gasteiger partial charge >= 0.3 is 0 Å². The van der Waals surface area contributed by atoms with Crippen LogP contribution in [0.25, 0.3) is 0 Å². The van der Waals surface area contributed by atoms with Crippen molar-refractivity contribution in [1.29, 1.82) is 0 Å². The molecule has 0 spiro atoms. The summed E-state index contributed by atoms with van der Waals surface area (Å²) in [4.78, 5) is 11.5. The first-order valence-electron chi connectivity index (χ1n) is 5.84. The molecule has 0 fully saturated rings. The van der Waals surface area contributed by atoms with E-state index in [2.05, 4.69) is 24.1 Å². The van der Waals surface area contributed by atoms with Gasteiger partial charge in [0, 0.05) is 6.54 Å². The molecule has 0 heterocycles. The van der Waals surface area contributed by atoms with Crippen LogP contribution in [0.3, 0.4) is 0 Å². The third-order valence-electron chi connectivity index (χ3n) is 2.27. The maximum atomic E-state index is 11.5. The van der Waals surface area contributed by atoms with Crippen molar-refractivity contribution in [3.63, 3.8) is 0 Å². The zero-order chi connectivity index (χ0) is 11.5. The molecule has 0 aromatic heterocycles. The Morgan fingerprint density at radius 2 is 2.13 bits per heavy atom. The molecule has 0 bridgehead atoms. The lowest BCUT2D eigenvalue weighted by molar-refractivity contribution is -0.122. The fourth-order valence-corrected chi connectivity index (χ4v) is 1.23. The summed E-state index contributed by atoms with van der Waals surface area (Å²) in [5, 5.41) is 6.06. The van der Waals surface area contributed by atoms with E-state index in [4.69, 9.17) is 0 Å². The smallest absolute Gasteiger partial charge is 0.236 e. The first-order valence-corrected chi connectivity index (χ1v) is 5.84. The number of carbonyl (C=O) groups is 1. The third-order valence-corrected chi connectivity index (χ3v) is 2.27. The number of amides is 1. The summed E-state index contributed by atoms with van der Waals surface area (Å²) in [6, 6.07) is -0.105. The summed E-state index contributed by atoms with van der Waals surface area (Å²) < 4.78 is 0. The molecule has 0 saturated carbocycles. The van der Waals surface area contributed by atoms with Gasteiger partial charge in [0.15, 0.2) is 0 Å². The van der Waals surface area contributed by atoms with Gasteiger partial charge in [0.2, 0.25) is 5.91 Å². The quantitative estimate of drug-likeness (QED) is 0.452. The van der Waals surface area contributed by atoms with Crippen LogP contribution in [0, 0.1) is 0 Å². The first-order chi connectivity index (χ1) is 7.22. The predicted octanol–water partition coefficient (Wildman–Crippen LogP) is 1.85. The van der Waals surface area contributed by atoms with Crippen LogP contribution in [0.2, 0.25) is 0 Å². The number of carbonyl (C=O) groups excluding carboxylic acids is 1. The first kappa shape index (κ1) is 14.2. The molecule has 15 heavy (non-hydrogen) atoms. The highest BCUT2D eigenvalue weighted by Crippen LogP contribution is 1.92. The third kappa shape index (κ3) is 8.18. The second kappa shape index (κ2) is 9.71. The topological polar surface area (TPSA) is 41.1 Å². The molecule has 0 saturated heterocycles. The predicted molar refractivity (Wildman–Crippen MR) is 64.8 cm³/mol. The molecule has 0 rings (SSSR count).